The molecule has 2 aromatic carbocycles. The van der Waals surface area contributed by atoms with Crippen molar-refractivity contribution in [2.45, 2.75) is 46.7 Å². The fourth-order valence-electron chi connectivity index (χ4n) is 4.81. The van der Waals surface area contributed by atoms with Crippen LogP contribution >= 0.6 is 0 Å². The van der Waals surface area contributed by atoms with Crippen molar-refractivity contribution in [3.63, 3.8) is 0 Å². The van der Waals surface area contributed by atoms with Gasteiger partial charge in [0.15, 0.2) is 0 Å². The van der Waals surface area contributed by atoms with Gasteiger partial charge in [-0.15, -0.1) is 0 Å². The van der Waals surface area contributed by atoms with E-state index < -0.39 is 0 Å². The molecule has 1 saturated heterocycles. The van der Waals surface area contributed by atoms with Crippen LogP contribution in [0.15, 0.2) is 42.5 Å². The molecule has 1 aliphatic rings. The van der Waals surface area contributed by atoms with E-state index in [9.17, 15) is 0 Å². The van der Waals surface area contributed by atoms with Crippen molar-refractivity contribution in [3.8, 4) is 0 Å². The lowest BCUT2D eigenvalue weighted by atomic mass is 9.99. The molecular weight excluding hydrogens is 380 g/mol. The van der Waals surface area contributed by atoms with Crippen molar-refractivity contribution in [1.82, 2.24) is 14.7 Å². The topological polar surface area (TPSA) is 35.7 Å². The molecule has 0 spiro atoms. The van der Waals surface area contributed by atoms with Crippen molar-refractivity contribution in [2.75, 3.05) is 52.4 Å². The maximum absolute atomic E-state index is 5.66. The summed E-state index contributed by atoms with van der Waals surface area (Å²) >= 11 is 0. The molecule has 1 fully saturated rings. The Bertz CT molecular complexity index is 758. The van der Waals surface area contributed by atoms with Crippen LogP contribution in [0.1, 0.15) is 40.7 Å². The third-order valence-electron chi connectivity index (χ3n) is 6.56. The van der Waals surface area contributed by atoms with E-state index in [2.05, 4.69) is 77.9 Å². The fraction of sp³-hybridized carbons (Fsp3) is 0.556. The van der Waals surface area contributed by atoms with Gasteiger partial charge in [-0.05, 0) is 75.5 Å². The van der Waals surface area contributed by atoms with Crippen molar-refractivity contribution < 1.29 is 0 Å². The normalized spacial score (nSPS) is 15.6. The number of benzene rings is 2. The molecule has 2 aromatic rings. The van der Waals surface area contributed by atoms with E-state index >= 15 is 0 Å². The van der Waals surface area contributed by atoms with Gasteiger partial charge in [-0.1, -0.05) is 48.0 Å². The lowest BCUT2D eigenvalue weighted by Gasteiger charge is -2.35. The molecule has 0 unspecified atom stereocenters. The quantitative estimate of drug-likeness (QED) is 0.594. The Morgan fingerprint density at radius 2 is 1.39 bits per heavy atom. The average molecular weight is 423 g/mol. The van der Waals surface area contributed by atoms with Crippen LogP contribution in [-0.4, -0.2) is 67.1 Å². The van der Waals surface area contributed by atoms with Crippen LogP contribution in [0.3, 0.4) is 0 Å². The number of hydrogen-bond donors (Lipinski definition) is 1. The molecular formula is C27H42N4. The second kappa shape index (κ2) is 12.4. The van der Waals surface area contributed by atoms with E-state index in [4.69, 9.17) is 5.73 Å². The predicted octanol–water partition coefficient (Wildman–Crippen LogP) is 3.97. The van der Waals surface area contributed by atoms with E-state index in [0.717, 1.165) is 39.1 Å². The second-order valence-corrected chi connectivity index (χ2v) is 9.25. The molecule has 2 N–H and O–H groups in total. The minimum atomic E-state index is 0.803. The Labute approximate surface area is 190 Å². The lowest BCUT2D eigenvalue weighted by Crippen LogP contribution is -2.47. The van der Waals surface area contributed by atoms with E-state index in [1.54, 1.807) is 0 Å². The first kappa shape index (κ1) is 23.9. The van der Waals surface area contributed by atoms with Crippen LogP contribution in [0.25, 0.3) is 0 Å². The van der Waals surface area contributed by atoms with Crippen molar-refractivity contribution in [1.29, 1.82) is 0 Å². The van der Waals surface area contributed by atoms with Gasteiger partial charge in [0.25, 0.3) is 0 Å². The second-order valence-electron chi connectivity index (χ2n) is 9.25. The molecule has 0 radical (unpaired) electrons. The van der Waals surface area contributed by atoms with E-state index in [1.807, 2.05) is 0 Å². The van der Waals surface area contributed by atoms with Crippen LogP contribution in [-0.2, 0) is 13.1 Å². The fourth-order valence-corrected chi connectivity index (χ4v) is 4.81. The maximum Gasteiger partial charge on any atom is 0.0242 e. The number of rotatable bonds is 11. The molecule has 0 amide bonds. The van der Waals surface area contributed by atoms with E-state index in [1.165, 1.54) is 67.0 Å². The lowest BCUT2D eigenvalue weighted by molar-refractivity contribution is 0.125. The molecule has 0 aliphatic carbocycles. The van der Waals surface area contributed by atoms with Gasteiger partial charge < -0.3 is 15.5 Å². The largest absolute Gasteiger partial charge is 0.330 e. The van der Waals surface area contributed by atoms with Gasteiger partial charge in [-0.25, -0.2) is 0 Å². The standard InChI is InChI=1S/C27H42N4/c1-23-19-24(2)27(25(3)20-23)22-31(21-26-9-5-4-6-10-26)14-8-13-30-17-15-29(16-18-30)12-7-11-28/h4-6,9-10,19-20H,7-8,11-18,21-22,28H2,1-3H3. The van der Waals surface area contributed by atoms with E-state index in [0.29, 0.717) is 0 Å². The molecule has 4 nitrogen and oxygen atoms in total. The van der Waals surface area contributed by atoms with Crippen molar-refractivity contribution in [2.24, 2.45) is 5.73 Å². The summed E-state index contributed by atoms with van der Waals surface area (Å²) in [5.41, 5.74) is 12.8. The molecule has 3 rings (SSSR count). The summed E-state index contributed by atoms with van der Waals surface area (Å²) < 4.78 is 0. The van der Waals surface area contributed by atoms with Gasteiger partial charge in [0.1, 0.15) is 0 Å². The minimum Gasteiger partial charge on any atom is -0.330 e. The minimum absolute atomic E-state index is 0.803. The number of aryl methyl sites for hydroxylation is 3. The van der Waals surface area contributed by atoms with Gasteiger partial charge in [-0.3, -0.25) is 4.90 Å². The third-order valence-corrected chi connectivity index (χ3v) is 6.56. The number of nitrogens with zero attached hydrogens (tertiary/aromatic N) is 3. The first-order valence-electron chi connectivity index (χ1n) is 12.0. The molecule has 4 heteroatoms. The molecule has 1 aliphatic heterocycles. The summed E-state index contributed by atoms with van der Waals surface area (Å²) in [4.78, 5) is 7.84. The van der Waals surface area contributed by atoms with Gasteiger partial charge in [-0.2, -0.15) is 0 Å². The summed E-state index contributed by atoms with van der Waals surface area (Å²) in [7, 11) is 0. The zero-order chi connectivity index (χ0) is 22.1. The number of hydrogen-bond acceptors (Lipinski definition) is 4. The molecule has 0 aromatic heterocycles. The highest BCUT2D eigenvalue weighted by molar-refractivity contribution is 5.37. The number of nitrogens with two attached hydrogens (primary N) is 1. The SMILES string of the molecule is Cc1cc(C)c(CN(CCCN2CCN(CCCN)CC2)Cc2ccccc2)c(C)c1. The highest BCUT2D eigenvalue weighted by atomic mass is 15.3. The highest BCUT2D eigenvalue weighted by Gasteiger charge is 2.17. The predicted molar refractivity (Wildman–Crippen MR) is 132 cm³/mol. The van der Waals surface area contributed by atoms with Crippen LogP contribution in [0, 0.1) is 20.8 Å². The van der Waals surface area contributed by atoms with Crippen LogP contribution < -0.4 is 5.73 Å². The molecule has 0 atom stereocenters. The monoisotopic (exact) mass is 422 g/mol. The molecule has 0 bridgehead atoms. The molecule has 1 heterocycles. The van der Waals surface area contributed by atoms with Crippen molar-refractivity contribution >= 4 is 0 Å². The Hall–Kier alpha value is -1.72. The van der Waals surface area contributed by atoms with Crippen LogP contribution in [0.5, 0.6) is 0 Å². The average Bonchev–Trinajstić information content (AvgIpc) is 2.76. The van der Waals surface area contributed by atoms with Gasteiger partial charge in [0.2, 0.25) is 0 Å². The van der Waals surface area contributed by atoms with Gasteiger partial charge in [0, 0.05) is 45.8 Å². The molecule has 0 saturated carbocycles. The van der Waals surface area contributed by atoms with Crippen LogP contribution in [0.4, 0.5) is 0 Å². The summed E-state index contributed by atoms with van der Waals surface area (Å²) in [6.07, 6.45) is 2.34. The zero-order valence-electron chi connectivity index (χ0n) is 19.9. The summed E-state index contributed by atoms with van der Waals surface area (Å²) in [6.45, 7) is 17.8. The van der Waals surface area contributed by atoms with Crippen LogP contribution in [0.2, 0.25) is 0 Å². The third kappa shape index (κ3) is 7.73. The summed E-state index contributed by atoms with van der Waals surface area (Å²) in [6, 6.07) is 15.6. The number of piperazine rings is 1. The van der Waals surface area contributed by atoms with E-state index in [-0.39, 0.29) is 0 Å². The highest BCUT2D eigenvalue weighted by Crippen LogP contribution is 2.20. The first-order valence-corrected chi connectivity index (χ1v) is 12.0. The smallest absolute Gasteiger partial charge is 0.0242 e. The maximum atomic E-state index is 5.66. The zero-order valence-corrected chi connectivity index (χ0v) is 19.9. The Kier molecular flexibility index (Phi) is 9.54. The van der Waals surface area contributed by atoms with Crippen molar-refractivity contribution in [3.05, 3.63) is 70.3 Å². The van der Waals surface area contributed by atoms with Gasteiger partial charge >= 0.3 is 0 Å². The first-order chi connectivity index (χ1) is 15.0. The van der Waals surface area contributed by atoms with Gasteiger partial charge in [0.05, 0.1) is 0 Å². The Balaban J connectivity index is 1.55. The Morgan fingerprint density at radius 1 is 0.806 bits per heavy atom. The summed E-state index contributed by atoms with van der Waals surface area (Å²) in [5, 5.41) is 0. The molecule has 170 valence electrons. The molecule has 31 heavy (non-hydrogen) atoms. The summed E-state index contributed by atoms with van der Waals surface area (Å²) in [5.74, 6) is 0. The Morgan fingerprint density at radius 3 is 1.97 bits per heavy atom.